The summed E-state index contributed by atoms with van der Waals surface area (Å²) in [7, 11) is 0. The van der Waals surface area contributed by atoms with Crippen molar-refractivity contribution in [3.05, 3.63) is 34.9 Å². The molecule has 0 amide bonds. The van der Waals surface area contributed by atoms with Gasteiger partial charge in [-0.25, -0.2) is 0 Å². The highest BCUT2D eigenvalue weighted by Gasteiger charge is 1.93. The minimum atomic E-state index is 0.666. The Bertz CT molecular complexity index is 327. The van der Waals surface area contributed by atoms with E-state index < -0.39 is 0 Å². The van der Waals surface area contributed by atoms with Gasteiger partial charge in [-0.05, 0) is 50.0 Å². The Kier molecular flexibility index (Phi) is 6.64. The fourth-order valence-corrected chi connectivity index (χ4v) is 1.59. The summed E-state index contributed by atoms with van der Waals surface area (Å²) in [5, 5.41) is 12.5. The van der Waals surface area contributed by atoms with Crippen molar-refractivity contribution >= 4 is 11.6 Å². The van der Waals surface area contributed by atoms with Crippen molar-refractivity contribution in [1.82, 2.24) is 5.32 Å². The molecule has 16 heavy (non-hydrogen) atoms. The van der Waals surface area contributed by atoms with Gasteiger partial charge in [-0.2, -0.15) is 5.26 Å². The van der Waals surface area contributed by atoms with Crippen LogP contribution in [0.15, 0.2) is 24.3 Å². The van der Waals surface area contributed by atoms with Gasteiger partial charge in [-0.15, -0.1) is 0 Å². The van der Waals surface area contributed by atoms with Gasteiger partial charge in [0, 0.05) is 11.4 Å². The lowest BCUT2D eigenvalue weighted by molar-refractivity contribution is 0.628. The summed E-state index contributed by atoms with van der Waals surface area (Å²) in [5.74, 6) is 0. The molecule has 1 N–H and O–H groups in total. The molecule has 0 spiro atoms. The predicted octanol–water partition coefficient (Wildman–Crippen LogP) is 3.17. The van der Waals surface area contributed by atoms with Gasteiger partial charge in [0.15, 0.2) is 0 Å². The number of hydrogen-bond donors (Lipinski definition) is 1. The normalized spacial score (nSPS) is 10.0. The van der Waals surface area contributed by atoms with E-state index in [1.807, 2.05) is 12.1 Å². The molecular weight excluding hydrogens is 220 g/mol. The molecule has 86 valence electrons. The molecule has 0 aliphatic carbocycles. The van der Waals surface area contributed by atoms with E-state index >= 15 is 0 Å². The van der Waals surface area contributed by atoms with Crippen LogP contribution in [-0.2, 0) is 6.42 Å². The highest BCUT2D eigenvalue weighted by molar-refractivity contribution is 6.30. The molecular formula is C13H17ClN2. The number of nitrogens with one attached hydrogen (secondary N) is 1. The lowest BCUT2D eigenvalue weighted by Crippen LogP contribution is -2.18. The monoisotopic (exact) mass is 236 g/mol. The smallest absolute Gasteiger partial charge is 0.0621 e. The van der Waals surface area contributed by atoms with Gasteiger partial charge in [-0.3, -0.25) is 0 Å². The first-order valence-electron chi connectivity index (χ1n) is 5.65. The second-order valence-electron chi connectivity index (χ2n) is 3.74. The maximum atomic E-state index is 8.36. The fourth-order valence-electron chi connectivity index (χ4n) is 1.46. The Morgan fingerprint density at radius 2 is 1.88 bits per heavy atom. The van der Waals surface area contributed by atoms with Crippen molar-refractivity contribution in [2.24, 2.45) is 0 Å². The van der Waals surface area contributed by atoms with Crippen molar-refractivity contribution in [3.63, 3.8) is 0 Å². The van der Waals surface area contributed by atoms with Crippen molar-refractivity contribution in [3.8, 4) is 6.07 Å². The minimum absolute atomic E-state index is 0.666. The second kappa shape index (κ2) is 8.15. The Labute approximate surface area is 102 Å². The topological polar surface area (TPSA) is 35.8 Å². The van der Waals surface area contributed by atoms with Crippen LogP contribution >= 0.6 is 11.6 Å². The first kappa shape index (κ1) is 13.0. The highest BCUT2D eigenvalue weighted by Crippen LogP contribution is 2.09. The van der Waals surface area contributed by atoms with Gasteiger partial charge in [-0.1, -0.05) is 23.7 Å². The van der Waals surface area contributed by atoms with E-state index in [1.54, 1.807) is 0 Å². The highest BCUT2D eigenvalue weighted by atomic mass is 35.5. The maximum absolute atomic E-state index is 8.36. The number of nitriles is 1. The van der Waals surface area contributed by atoms with E-state index in [-0.39, 0.29) is 0 Å². The number of hydrogen-bond acceptors (Lipinski definition) is 2. The van der Waals surface area contributed by atoms with Crippen LogP contribution in [0.3, 0.4) is 0 Å². The lowest BCUT2D eigenvalue weighted by atomic mass is 10.1. The van der Waals surface area contributed by atoms with Crippen molar-refractivity contribution in [1.29, 1.82) is 5.26 Å². The third kappa shape index (κ3) is 5.75. The van der Waals surface area contributed by atoms with Crippen molar-refractivity contribution in [2.75, 3.05) is 13.1 Å². The Balaban J connectivity index is 2.03. The van der Waals surface area contributed by atoms with Gasteiger partial charge in [0.05, 0.1) is 6.07 Å². The van der Waals surface area contributed by atoms with Gasteiger partial charge in [0.1, 0.15) is 0 Å². The molecule has 0 fully saturated rings. The van der Waals surface area contributed by atoms with E-state index in [4.69, 9.17) is 16.9 Å². The molecule has 1 aromatic carbocycles. The molecule has 0 saturated heterocycles. The second-order valence-corrected chi connectivity index (χ2v) is 4.18. The summed E-state index contributed by atoms with van der Waals surface area (Å²) in [6.45, 7) is 1.98. The maximum Gasteiger partial charge on any atom is 0.0621 e. The van der Waals surface area contributed by atoms with Gasteiger partial charge < -0.3 is 5.32 Å². The summed E-state index contributed by atoms with van der Waals surface area (Å²) in [4.78, 5) is 0. The first-order chi connectivity index (χ1) is 7.83. The molecule has 2 nitrogen and oxygen atoms in total. The van der Waals surface area contributed by atoms with Crippen LogP contribution in [0.25, 0.3) is 0 Å². The number of halogens is 1. The molecule has 0 bridgehead atoms. The summed E-state index contributed by atoms with van der Waals surface area (Å²) < 4.78 is 0. The van der Waals surface area contributed by atoms with Crippen molar-refractivity contribution < 1.29 is 0 Å². The Morgan fingerprint density at radius 3 is 2.56 bits per heavy atom. The van der Waals surface area contributed by atoms with Crippen LogP contribution in [0.1, 0.15) is 24.8 Å². The van der Waals surface area contributed by atoms with Crippen LogP contribution < -0.4 is 5.32 Å². The average Bonchev–Trinajstić information content (AvgIpc) is 2.30. The molecule has 0 aromatic heterocycles. The molecule has 3 heteroatoms. The summed E-state index contributed by atoms with van der Waals surface area (Å²) in [5.41, 5.74) is 1.30. The van der Waals surface area contributed by atoms with Gasteiger partial charge in [0.25, 0.3) is 0 Å². The van der Waals surface area contributed by atoms with Crippen LogP contribution in [-0.4, -0.2) is 13.1 Å². The molecule has 0 unspecified atom stereocenters. The zero-order valence-electron chi connectivity index (χ0n) is 9.38. The third-order valence-electron chi connectivity index (χ3n) is 2.40. The molecule has 0 heterocycles. The number of benzene rings is 1. The number of rotatable bonds is 7. The number of unbranched alkanes of at least 4 members (excludes halogenated alkanes) is 2. The molecule has 1 aromatic rings. The van der Waals surface area contributed by atoms with E-state index in [1.165, 1.54) is 5.56 Å². The van der Waals surface area contributed by atoms with Crippen LogP contribution in [0.5, 0.6) is 0 Å². The van der Waals surface area contributed by atoms with Gasteiger partial charge >= 0.3 is 0 Å². The van der Waals surface area contributed by atoms with Crippen LogP contribution in [0, 0.1) is 11.3 Å². The quantitative estimate of drug-likeness (QED) is 0.739. The summed E-state index contributed by atoms with van der Waals surface area (Å²) in [6.07, 6.45) is 3.76. The van der Waals surface area contributed by atoms with E-state index in [2.05, 4.69) is 23.5 Å². The van der Waals surface area contributed by atoms with Crippen molar-refractivity contribution in [2.45, 2.75) is 25.7 Å². The van der Waals surface area contributed by atoms with E-state index in [0.717, 1.165) is 37.4 Å². The van der Waals surface area contributed by atoms with Gasteiger partial charge in [0.2, 0.25) is 0 Å². The Hall–Kier alpha value is -1.04. The minimum Gasteiger partial charge on any atom is -0.316 e. The predicted molar refractivity (Wildman–Crippen MR) is 67.5 cm³/mol. The first-order valence-corrected chi connectivity index (χ1v) is 6.03. The molecule has 0 aliphatic rings. The SMILES string of the molecule is N#CCCCCNCCc1ccc(Cl)cc1. The van der Waals surface area contributed by atoms with Crippen LogP contribution in [0.2, 0.25) is 5.02 Å². The number of nitrogens with zero attached hydrogens (tertiary/aromatic N) is 1. The fraction of sp³-hybridized carbons (Fsp3) is 0.462. The standard InChI is InChI=1S/C13H17ClN2/c14-13-6-4-12(5-7-13)8-11-16-10-3-1-2-9-15/h4-7,16H,1-3,8,10-11H2. The lowest BCUT2D eigenvalue weighted by Gasteiger charge is -2.04. The zero-order valence-corrected chi connectivity index (χ0v) is 10.1. The average molecular weight is 237 g/mol. The summed E-state index contributed by atoms with van der Waals surface area (Å²) in [6, 6.07) is 10.1. The largest absolute Gasteiger partial charge is 0.316 e. The zero-order chi connectivity index (χ0) is 11.6. The van der Waals surface area contributed by atoms with E-state index in [0.29, 0.717) is 6.42 Å². The van der Waals surface area contributed by atoms with E-state index in [9.17, 15) is 0 Å². The Morgan fingerprint density at radius 1 is 1.12 bits per heavy atom. The molecule has 0 radical (unpaired) electrons. The summed E-state index contributed by atoms with van der Waals surface area (Å²) >= 11 is 5.80. The molecule has 0 aliphatic heterocycles. The molecule has 0 atom stereocenters. The van der Waals surface area contributed by atoms with Crippen LogP contribution in [0.4, 0.5) is 0 Å². The molecule has 1 rings (SSSR count). The third-order valence-corrected chi connectivity index (χ3v) is 2.65. The molecule has 0 saturated carbocycles.